The van der Waals surface area contributed by atoms with E-state index in [1.54, 1.807) is 25.1 Å². The number of aliphatic imine (C=N–C) groups is 1. The SMILES string of the molecule is C=CCNC(=NCC(=O)N(C)C)N1CCN(CC(C)C)CC1.I. The Balaban J connectivity index is 0.00000484. The Bertz CT molecular complexity index is 390. The lowest BCUT2D eigenvalue weighted by Crippen LogP contribution is -2.53. The number of carbonyl (C=O) groups excluding carboxylic acids is 1. The highest BCUT2D eigenvalue weighted by Gasteiger charge is 2.20. The van der Waals surface area contributed by atoms with Gasteiger partial charge >= 0.3 is 0 Å². The van der Waals surface area contributed by atoms with Gasteiger partial charge in [-0.2, -0.15) is 0 Å². The van der Waals surface area contributed by atoms with Gasteiger partial charge in [-0.1, -0.05) is 19.9 Å². The van der Waals surface area contributed by atoms with E-state index in [1.807, 2.05) is 0 Å². The van der Waals surface area contributed by atoms with Crippen molar-refractivity contribution in [2.45, 2.75) is 13.8 Å². The number of amides is 1. The van der Waals surface area contributed by atoms with Crippen LogP contribution in [-0.2, 0) is 4.79 Å². The molecule has 0 radical (unpaired) electrons. The second-order valence-electron chi connectivity index (χ2n) is 6.28. The molecule has 1 heterocycles. The van der Waals surface area contributed by atoms with Crippen LogP contribution in [-0.4, -0.2) is 86.5 Å². The third kappa shape index (κ3) is 8.55. The van der Waals surface area contributed by atoms with Gasteiger partial charge in [0.1, 0.15) is 6.54 Å². The number of hydrogen-bond donors (Lipinski definition) is 1. The van der Waals surface area contributed by atoms with E-state index in [2.05, 4.69) is 40.5 Å². The fourth-order valence-electron chi connectivity index (χ4n) is 2.37. The third-order valence-corrected chi connectivity index (χ3v) is 3.56. The molecule has 7 heteroatoms. The van der Waals surface area contributed by atoms with Crippen LogP contribution >= 0.6 is 24.0 Å². The summed E-state index contributed by atoms with van der Waals surface area (Å²) in [7, 11) is 3.50. The van der Waals surface area contributed by atoms with Crippen LogP contribution in [0.3, 0.4) is 0 Å². The van der Waals surface area contributed by atoms with Gasteiger partial charge < -0.3 is 15.1 Å². The predicted octanol–water partition coefficient (Wildman–Crippen LogP) is 1.10. The van der Waals surface area contributed by atoms with Crippen molar-refractivity contribution >= 4 is 35.8 Å². The van der Waals surface area contributed by atoms with E-state index in [-0.39, 0.29) is 36.4 Å². The molecule has 0 bridgehead atoms. The molecule has 1 aliphatic rings. The maximum Gasteiger partial charge on any atom is 0.243 e. The van der Waals surface area contributed by atoms with Crippen LogP contribution < -0.4 is 5.32 Å². The molecule has 1 saturated heterocycles. The molecule has 6 nitrogen and oxygen atoms in total. The number of likely N-dealkylation sites (N-methyl/N-ethyl adjacent to an activating group) is 1. The van der Waals surface area contributed by atoms with Gasteiger partial charge in [-0.15, -0.1) is 30.6 Å². The Morgan fingerprint density at radius 2 is 1.91 bits per heavy atom. The minimum atomic E-state index is 0. The highest BCUT2D eigenvalue weighted by molar-refractivity contribution is 14.0. The summed E-state index contributed by atoms with van der Waals surface area (Å²) >= 11 is 0. The van der Waals surface area contributed by atoms with Crippen LogP contribution in [0.4, 0.5) is 0 Å². The van der Waals surface area contributed by atoms with Gasteiger partial charge in [-0.05, 0) is 5.92 Å². The molecule has 0 atom stereocenters. The molecule has 1 fully saturated rings. The molecule has 0 unspecified atom stereocenters. The monoisotopic (exact) mass is 437 g/mol. The maximum atomic E-state index is 11.7. The van der Waals surface area contributed by atoms with E-state index in [0.29, 0.717) is 12.5 Å². The van der Waals surface area contributed by atoms with Crippen LogP contribution in [0.1, 0.15) is 13.8 Å². The van der Waals surface area contributed by atoms with Gasteiger partial charge in [0.2, 0.25) is 5.91 Å². The van der Waals surface area contributed by atoms with Crippen LogP contribution in [0.15, 0.2) is 17.6 Å². The summed E-state index contributed by atoms with van der Waals surface area (Å²) in [4.78, 5) is 22.5. The molecule has 23 heavy (non-hydrogen) atoms. The summed E-state index contributed by atoms with van der Waals surface area (Å²) in [5.74, 6) is 1.51. The Labute approximate surface area is 158 Å². The van der Waals surface area contributed by atoms with Gasteiger partial charge in [-0.25, -0.2) is 4.99 Å². The van der Waals surface area contributed by atoms with Gasteiger partial charge in [0.15, 0.2) is 5.96 Å². The Kier molecular flexibility index (Phi) is 11.2. The average molecular weight is 437 g/mol. The Hall–Kier alpha value is -0.830. The molecule has 1 rings (SSSR count). The van der Waals surface area contributed by atoms with Crippen molar-refractivity contribution < 1.29 is 4.79 Å². The van der Waals surface area contributed by atoms with Crippen LogP contribution in [0, 0.1) is 5.92 Å². The largest absolute Gasteiger partial charge is 0.353 e. The van der Waals surface area contributed by atoms with E-state index in [1.165, 1.54) is 0 Å². The molecule has 1 amide bonds. The lowest BCUT2D eigenvalue weighted by Gasteiger charge is -2.37. The van der Waals surface area contributed by atoms with Crippen LogP contribution in [0.25, 0.3) is 0 Å². The fourth-order valence-corrected chi connectivity index (χ4v) is 2.37. The second-order valence-corrected chi connectivity index (χ2v) is 6.28. The first kappa shape index (κ1) is 22.2. The molecule has 0 aromatic carbocycles. The van der Waals surface area contributed by atoms with Gasteiger partial charge in [-0.3, -0.25) is 9.69 Å². The first-order chi connectivity index (χ1) is 10.4. The van der Waals surface area contributed by atoms with E-state index in [4.69, 9.17) is 0 Å². The average Bonchev–Trinajstić information content (AvgIpc) is 2.47. The van der Waals surface area contributed by atoms with Gasteiger partial charge in [0.25, 0.3) is 0 Å². The van der Waals surface area contributed by atoms with Crippen molar-refractivity contribution in [1.82, 2.24) is 20.0 Å². The summed E-state index contributed by atoms with van der Waals surface area (Å²) in [6, 6.07) is 0. The molecular weight excluding hydrogens is 405 g/mol. The minimum absolute atomic E-state index is 0. The molecule has 0 aliphatic carbocycles. The van der Waals surface area contributed by atoms with E-state index in [0.717, 1.165) is 38.7 Å². The zero-order valence-electron chi connectivity index (χ0n) is 14.9. The maximum absolute atomic E-state index is 11.7. The first-order valence-corrected chi connectivity index (χ1v) is 8.00. The lowest BCUT2D eigenvalue weighted by molar-refractivity contribution is -0.127. The standard InChI is InChI=1S/C16H31N5O.HI/c1-6-7-17-16(18-12-15(22)19(4)5)21-10-8-20(9-11-21)13-14(2)3;/h6,14H,1,7-13H2,2-5H3,(H,17,18);1H. The molecule has 0 saturated carbocycles. The quantitative estimate of drug-likeness (QED) is 0.293. The molecule has 0 aromatic heterocycles. The smallest absolute Gasteiger partial charge is 0.243 e. The molecule has 1 N–H and O–H groups in total. The first-order valence-electron chi connectivity index (χ1n) is 8.00. The van der Waals surface area contributed by atoms with Crippen molar-refractivity contribution in [1.29, 1.82) is 0 Å². The summed E-state index contributed by atoms with van der Waals surface area (Å²) in [6.07, 6.45) is 1.80. The molecule has 0 aromatic rings. The number of halogens is 1. The van der Waals surface area contributed by atoms with E-state index < -0.39 is 0 Å². The summed E-state index contributed by atoms with van der Waals surface area (Å²) in [6.45, 7) is 14.1. The highest BCUT2D eigenvalue weighted by Crippen LogP contribution is 2.05. The number of nitrogens with zero attached hydrogens (tertiary/aromatic N) is 4. The van der Waals surface area contributed by atoms with Crippen molar-refractivity contribution in [2.75, 3.05) is 59.9 Å². The summed E-state index contributed by atoms with van der Waals surface area (Å²) < 4.78 is 0. The van der Waals surface area contributed by atoms with Crippen molar-refractivity contribution in [2.24, 2.45) is 10.9 Å². The number of piperazine rings is 1. The molecule has 134 valence electrons. The normalized spacial score (nSPS) is 16.0. The van der Waals surface area contributed by atoms with Crippen molar-refractivity contribution in [3.8, 4) is 0 Å². The molecule has 1 aliphatic heterocycles. The zero-order chi connectivity index (χ0) is 16.5. The van der Waals surface area contributed by atoms with Gasteiger partial charge in [0, 0.05) is 53.4 Å². The fraction of sp³-hybridized carbons (Fsp3) is 0.750. The summed E-state index contributed by atoms with van der Waals surface area (Å²) in [5.41, 5.74) is 0. The van der Waals surface area contributed by atoms with Crippen LogP contribution in [0.2, 0.25) is 0 Å². The highest BCUT2D eigenvalue weighted by atomic mass is 127. The molecular formula is C16H32IN5O. The van der Waals surface area contributed by atoms with Crippen LogP contribution in [0.5, 0.6) is 0 Å². The minimum Gasteiger partial charge on any atom is -0.353 e. The van der Waals surface area contributed by atoms with Crippen molar-refractivity contribution in [3.63, 3.8) is 0 Å². The topological polar surface area (TPSA) is 51.2 Å². The number of nitrogens with one attached hydrogen (secondary N) is 1. The number of hydrogen-bond acceptors (Lipinski definition) is 3. The third-order valence-electron chi connectivity index (χ3n) is 3.56. The number of carbonyl (C=O) groups is 1. The van der Waals surface area contributed by atoms with Crippen molar-refractivity contribution in [3.05, 3.63) is 12.7 Å². The predicted molar refractivity (Wildman–Crippen MR) is 107 cm³/mol. The second kappa shape index (κ2) is 11.7. The van der Waals surface area contributed by atoms with Gasteiger partial charge in [0.05, 0.1) is 0 Å². The number of rotatable bonds is 6. The lowest BCUT2D eigenvalue weighted by atomic mass is 10.2. The van der Waals surface area contributed by atoms with E-state index >= 15 is 0 Å². The zero-order valence-corrected chi connectivity index (χ0v) is 17.2. The Morgan fingerprint density at radius 1 is 1.30 bits per heavy atom. The Morgan fingerprint density at radius 3 is 2.39 bits per heavy atom. The summed E-state index contributed by atoms with van der Waals surface area (Å²) in [5, 5.41) is 3.26. The number of guanidine groups is 1. The molecule has 0 spiro atoms. The van der Waals surface area contributed by atoms with E-state index in [9.17, 15) is 4.79 Å².